The maximum Gasteiger partial charge on any atom is 0.245 e. The van der Waals surface area contributed by atoms with E-state index in [9.17, 15) is 9.59 Å². The third-order valence-electron chi connectivity index (χ3n) is 2.78. The lowest BCUT2D eigenvalue weighted by molar-refractivity contribution is -0.145. The van der Waals surface area contributed by atoms with Crippen LogP contribution in [0.4, 0.5) is 0 Å². The Bertz CT molecular complexity index is 403. The molecule has 0 bridgehead atoms. The van der Waals surface area contributed by atoms with E-state index >= 15 is 0 Å². The number of amides is 2. The predicted molar refractivity (Wildman–Crippen MR) is 66.6 cm³/mol. The van der Waals surface area contributed by atoms with Crippen LogP contribution in [-0.4, -0.2) is 29.3 Å². The minimum atomic E-state index is -0.332. The minimum Gasteiger partial charge on any atom is -0.343 e. The second-order valence-corrected chi connectivity index (χ2v) is 5.21. The predicted octanol–water partition coefficient (Wildman–Crippen LogP) is 1.38. The number of hydrogen-bond donors (Lipinski definition) is 1. The molecule has 1 aliphatic rings. The summed E-state index contributed by atoms with van der Waals surface area (Å²) in [5.41, 5.74) is 0. The van der Waals surface area contributed by atoms with E-state index in [1.165, 1.54) is 0 Å². The lowest BCUT2D eigenvalue weighted by Gasteiger charge is -2.32. The zero-order valence-electron chi connectivity index (χ0n) is 9.81. The molecule has 1 atom stereocenters. The van der Waals surface area contributed by atoms with Crippen molar-refractivity contribution in [2.24, 2.45) is 0 Å². The Kier molecular flexibility index (Phi) is 3.78. The third kappa shape index (κ3) is 2.85. The molecule has 0 radical (unpaired) electrons. The van der Waals surface area contributed by atoms with E-state index in [4.69, 9.17) is 0 Å². The van der Waals surface area contributed by atoms with Gasteiger partial charge in [0, 0.05) is 4.88 Å². The van der Waals surface area contributed by atoms with Crippen molar-refractivity contribution in [3.63, 3.8) is 0 Å². The molecule has 0 aromatic carbocycles. The van der Waals surface area contributed by atoms with Crippen LogP contribution < -0.4 is 5.32 Å². The molecule has 5 heteroatoms. The van der Waals surface area contributed by atoms with Gasteiger partial charge in [-0.15, -0.1) is 11.3 Å². The van der Waals surface area contributed by atoms with Gasteiger partial charge in [0.05, 0.1) is 13.1 Å². The first-order valence-electron chi connectivity index (χ1n) is 5.81. The highest BCUT2D eigenvalue weighted by Crippen LogP contribution is 2.15. The molecular weight excluding hydrogens is 236 g/mol. The van der Waals surface area contributed by atoms with Crippen LogP contribution in [0, 0.1) is 0 Å². The molecule has 92 valence electrons. The van der Waals surface area contributed by atoms with Crippen LogP contribution in [-0.2, 0) is 16.1 Å². The molecular formula is C12H16N2O2S. The van der Waals surface area contributed by atoms with Gasteiger partial charge in [0.15, 0.2) is 0 Å². The van der Waals surface area contributed by atoms with Crippen LogP contribution in [0.25, 0.3) is 0 Å². The number of piperazine rings is 1. The van der Waals surface area contributed by atoms with Crippen molar-refractivity contribution in [2.45, 2.75) is 32.4 Å². The first-order chi connectivity index (χ1) is 8.20. The quantitative estimate of drug-likeness (QED) is 0.880. The molecule has 1 aromatic heterocycles. The van der Waals surface area contributed by atoms with Crippen molar-refractivity contribution >= 4 is 23.2 Å². The largest absolute Gasteiger partial charge is 0.343 e. The van der Waals surface area contributed by atoms with Gasteiger partial charge in [0.2, 0.25) is 11.8 Å². The minimum absolute atomic E-state index is 0.0415. The Morgan fingerprint density at radius 1 is 1.53 bits per heavy atom. The number of rotatable bonds is 4. The summed E-state index contributed by atoms with van der Waals surface area (Å²) >= 11 is 1.61. The van der Waals surface area contributed by atoms with Crippen LogP contribution in [0.3, 0.4) is 0 Å². The number of thiophene rings is 1. The maximum atomic E-state index is 12.1. The summed E-state index contributed by atoms with van der Waals surface area (Å²) in [4.78, 5) is 26.4. The van der Waals surface area contributed by atoms with Gasteiger partial charge < -0.3 is 10.2 Å². The van der Waals surface area contributed by atoms with E-state index in [-0.39, 0.29) is 24.4 Å². The number of hydrogen-bond acceptors (Lipinski definition) is 3. The Balaban J connectivity index is 2.05. The van der Waals surface area contributed by atoms with Gasteiger partial charge in [-0.1, -0.05) is 19.4 Å². The summed E-state index contributed by atoms with van der Waals surface area (Å²) in [5, 5.41) is 4.73. The van der Waals surface area contributed by atoms with Gasteiger partial charge in [-0.2, -0.15) is 0 Å². The molecule has 1 aromatic rings. The molecule has 1 N–H and O–H groups in total. The van der Waals surface area contributed by atoms with Gasteiger partial charge in [0.1, 0.15) is 6.04 Å². The fourth-order valence-corrected chi connectivity index (χ4v) is 2.70. The van der Waals surface area contributed by atoms with E-state index < -0.39 is 0 Å². The third-order valence-corrected chi connectivity index (χ3v) is 3.64. The average molecular weight is 252 g/mol. The average Bonchev–Trinajstić information content (AvgIpc) is 2.78. The lowest BCUT2D eigenvalue weighted by atomic mass is 10.1. The SMILES string of the molecule is CCCC1NC(=O)CN(Cc2cccs2)C1=O. The topological polar surface area (TPSA) is 49.4 Å². The highest BCUT2D eigenvalue weighted by molar-refractivity contribution is 7.09. The van der Waals surface area contributed by atoms with E-state index in [1.807, 2.05) is 24.4 Å². The standard InChI is InChI=1S/C12H16N2O2S/c1-2-4-10-12(16)14(8-11(15)13-10)7-9-5-3-6-17-9/h3,5-6,10H,2,4,7-8H2,1H3,(H,13,15). The van der Waals surface area contributed by atoms with Crippen LogP contribution >= 0.6 is 11.3 Å². The molecule has 2 heterocycles. The van der Waals surface area contributed by atoms with E-state index in [0.717, 1.165) is 11.3 Å². The summed E-state index contributed by atoms with van der Waals surface area (Å²) in [7, 11) is 0. The molecule has 1 fully saturated rings. The highest BCUT2D eigenvalue weighted by Gasteiger charge is 2.31. The second-order valence-electron chi connectivity index (χ2n) is 4.18. The Hall–Kier alpha value is -1.36. The van der Waals surface area contributed by atoms with Gasteiger partial charge in [-0.25, -0.2) is 0 Å². The molecule has 1 saturated heterocycles. The molecule has 0 aliphatic carbocycles. The first kappa shape index (κ1) is 12.1. The summed E-state index contributed by atoms with van der Waals surface area (Å²) < 4.78 is 0. The first-order valence-corrected chi connectivity index (χ1v) is 6.69. The van der Waals surface area contributed by atoms with Gasteiger partial charge >= 0.3 is 0 Å². The zero-order valence-corrected chi connectivity index (χ0v) is 10.6. The summed E-state index contributed by atoms with van der Waals surface area (Å²) in [6.07, 6.45) is 1.61. The van der Waals surface area contributed by atoms with Gasteiger partial charge in [0.25, 0.3) is 0 Å². The van der Waals surface area contributed by atoms with Gasteiger partial charge in [-0.05, 0) is 17.9 Å². The van der Waals surface area contributed by atoms with Crippen molar-refractivity contribution in [3.8, 4) is 0 Å². The van der Waals surface area contributed by atoms with Crippen LogP contribution in [0.5, 0.6) is 0 Å². The Morgan fingerprint density at radius 2 is 2.35 bits per heavy atom. The molecule has 0 saturated carbocycles. The van der Waals surface area contributed by atoms with E-state index in [2.05, 4.69) is 5.32 Å². The summed E-state index contributed by atoms with van der Waals surface area (Å²) in [6.45, 7) is 2.73. The van der Waals surface area contributed by atoms with Crippen LogP contribution in [0.1, 0.15) is 24.6 Å². The molecule has 4 nitrogen and oxygen atoms in total. The van der Waals surface area contributed by atoms with E-state index in [1.54, 1.807) is 16.2 Å². The number of nitrogens with zero attached hydrogens (tertiary/aromatic N) is 1. The monoisotopic (exact) mass is 252 g/mol. The molecule has 17 heavy (non-hydrogen) atoms. The van der Waals surface area contributed by atoms with E-state index in [0.29, 0.717) is 13.0 Å². The summed E-state index contributed by atoms with van der Waals surface area (Å²) in [6, 6.07) is 3.61. The Morgan fingerprint density at radius 3 is 3.00 bits per heavy atom. The normalized spacial score (nSPS) is 20.5. The zero-order chi connectivity index (χ0) is 12.3. The van der Waals surface area contributed by atoms with Gasteiger partial charge in [-0.3, -0.25) is 9.59 Å². The maximum absolute atomic E-state index is 12.1. The number of carbonyl (C=O) groups is 2. The van der Waals surface area contributed by atoms with Crippen molar-refractivity contribution in [1.29, 1.82) is 0 Å². The fraction of sp³-hybridized carbons (Fsp3) is 0.500. The lowest BCUT2D eigenvalue weighted by Crippen LogP contribution is -2.57. The van der Waals surface area contributed by atoms with Crippen molar-refractivity contribution in [1.82, 2.24) is 10.2 Å². The fourth-order valence-electron chi connectivity index (χ4n) is 1.98. The molecule has 2 amide bonds. The number of nitrogens with one attached hydrogen (secondary N) is 1. The van der Waals surface area contributed by atoms with Crippen LogP contribution in [0.15, 0.2) is 17.5 Å². The molecule has 1 unspecified atom stereocenters. The Labute approximate surface area is 105 Å². The molecule has 2 rings (SSSR count). The van der Waals surface area contributed by atoms with Crippen molar-refractivity contribution in [2.75, 3.05) is 6.54 Å². The highest BCUT2D eigenvalue weighted by atomic mass is 32.1. The smallest absolute Gasteiger partial charge is 0.245 e. The second kappa shape index (κ2) is 5.31. The molecule has 1 aliphatic heterocycles. The van der Waals surface area contributed by atoms with Crippen molar-refractivity contribution < 1.29 is 9.59 Å². The number of carbonyl (C=O) groups excluding carboxylic acids is 2. The van der Waals surface area contributed by atoms with Crippen molar-refractivity contribution in [3.05, 3.63) is 22.4 Å². The van der Waals surface area contributed by atoms with Crippen LogP contribution in [0.2, 0.25) is 0 Å². The summed E-state index contributed by atoms with van der Waals surface area (Å²) in [5.74, 6) is -0.0144. The molecule has 0 spiro atoms.